The number of aromatic nitrogens is 1. The van der Waals surface area contributed by atoms with Gasteiger partial charge in [0.1, 0.15) is 17.3 Å². The molecule has 0 unspecified atom stereocenters. The van der Waals surface area contributed by atoms with Gasteiger partial charge in [-0.1, -0.05) is 11.2 Å². The number of hydrogen-bond donors (Lipinski definition) is 1. The van der Waals surface area contributed by atoms with Gasteiger partial charge < -0.3 is 24.2 Å². The van der Waals surface area contributed by atoms with Crippen molar-refractivity contribution in [1.82, 2.24) is 5.16 Å². The zero-order valence-corrected chi connectivity index (χ0v) is 17.6. The highest BCUT2D eigenvalue weighted by atomic mass is 16.5. The summed E-state index contributed by atoms with van der Waals surface area (Å²) in [6, 6.07) is 12.2. The highest BCUT2D eigenvalue weighted by Gasteiger charge is 2.28. The quantitative estimate of drug-likeness (QED) is 0.649. The number of ether oxygens (including phenoxy) is 2. The molecule has 160 valence electrons. The Balaban J connectivity index is 1.59. The molecular weight excluding hydrogens is 398 g/mol. The van der Waals surface area contributed by atoms with Crippen molar-refractivity contribution in [2.24, 2.45) is 0 Å². The second-order valence-corrected chi connectivity index (χ2v) is 7.17. The van der Waals surface area contributed by atoms with Crippen molar-refractivity contribution in [3.8, 4) is 11.5 Å². The molecule has 31 heavy (non-hydrogen) atoms. The zero-order valence-electron chi connectivity index (χ0n) is 17.6. The highest BCUT2D eigenvalue weighted by Crippen LogP contribution is 2.36. The Hall–Kier alpha value is -3.81. The molecule has 0 fully saturated rings. The number of amides is 2. The lowest BCUT2D eigenvalue weighted by atomic mass is 10.1. The summed E-state index contributed by atoms with van der Waals surface area (Å²) in [5.74, 6) is 1.41. The number of benzene rings is 2. The maximum Gasteiger partial charge on any atom is 0.265 e. The van der Waals surface area contributed by atoms with Crippen LogP contribution in [0.25, 0.3) is 0 Å². The molecule has 1 aromatic heterocycles. The maximum absolute atomic E-state index is 12.7. The first-order chi connectivity index (χ1) is 15.0. The summed E-state index contributed by atoms with van der Waals surface area (Å²) in [5.41, 5.74) is 3.19. The molecule has 4 rings (SSSR count). The van der Waals surface area contributed by atoms with Crippen LogP contribution in [-0.2, 0) is 11.3 Å². The fraction of sp³-hybridized carbons (Fsp3) is 0.261. The topological polar surface area (TPSA) is 93.9 Å². The predicted octanol–water partition coefficient (Wildman–Crippen LogP) is 3.87. The van der Waals surface area contributed by atoms with E-state index in [1.807, 2.05) is 20.8 Å². The Kier molecular flexibility index (Phi) is 5.62. The van der Waals surface area contributed by atoms with Crippen LogP contribution in [0.5, 0.6) is 11.5 Å². The van der Waals surface area contributed by atoms with Crippen LogP contribution in [0, 0.1) is 13.8 Å². The molecule has 8 heteroatoms. The lowest BCUT2D eigenvalue weighted by Crippen LogP contribution is -2.38. The average Bonchev–Trinajstić information content (AvgIpc) is 3.08. The van der Waals surface area contributed by atoms with Gasteiger partial charge in [-0.25, -0.2) is 0 Å². The van der Waals surface area contributed by atoms with Crippen LogP contribution in [0.3, 0.4) is 0 Å². The fourth-order valence-corrected chi connectivity index (χ4v) is 3.44. The van der Waals surface area contributed by atoms with E-state index in [9.17, 15) is 9.59 Å². The van der Waals surface area contributed by atoms with Crippen molar-refractivity contribution in [2.75, 3.05) is 23.4 Å². The Morgan fingerprint density at radius 2 is 2.06 bits per heavy atom. The molecule has 0 atom stereocenters. The SMILES string of the molecule is CCOc1cccc(C(=O)Nc2ccc3c(c2)N(Cc2c(C)noc2C)C(=O)CO3)c1. The van der Waals surface area contributed by atoms with E-state index in [0.717, 1.165) is 11.3 Å². The first-order valence-corrected chi connectivity index (χ1v) is 9.99. The number of hydrogen-bond acceptors (Lipinski definition) is 6. The van der Waals surface area contributed by atoms with Gasteiger partial charge in [-0.2, -0.15) is 0 Å². The molecule has 1 N–H and O–H groups in total. The molecule has 0 radical (unpaired) electrons. The number of anilines is 2. The smallest absolute Gasteiger partial charge is 0.265 e. The van der Waals surface area contributed by atoms with Crippen LogP contribution in [0.1, 0.15) is 34.3 Å². The monoisotopic (exact) mass is 421 g/mol. The number of fused-ring (bicyclic) bond motifs is 1. The van der Waals surface area contributed by atoms with Crippen LogP contribution in [0.2, 0.25) is 0 Å². The number of carbonyl (C=O) groups excluding carboxylic acids is 2. The number of aryl methyl sites for hydroxylation is 2. The van der Waals surface area contributed by atoms with Crippen molar-refractivity contribution in [1.29, 1.82) is 0 Å². The summed E-state index contributed by atoms with van der Waals surface area (Å²) in [7, 11) is 0. The minimum absolute atomic E-state index is 0.0493. The van der Waals surface area contributed by atoms with Crippen molar-refractivity contribution < 1.29 is 23.6 Å². The molecule has 2 aromatic carbocycles. The third-order valence-corrected chi connectivity index (χ3v) is 5.06. The van der Waals surface area contributed by atoms with Gasteiger partial charge in [0.2, 0.25) is 0 Å². The van der Waals surface area contributed by atoms with E-state index in [-0.39, 0.29) is 18.4 Å². The van der Waals surface area contributed by atoms with Crippen LogP contribution < -0.4 is 19.7 Å². The first-order valence-electron chi connectivity index (χ1n) is 9.99. The summed E-state index contributed by atoms with van der Waals surface area (Å²) in [5, 5.41) is 6.84. The normalized spacial score (nSPS) is 12.9. The van der Waals surface area contributed by atoms with E-state index in [2.05, 4.69) is 10.5 Å². The van der Waals surface area contributed by atoms with Gasteiger partial charge in [-0.3, -0.25) is 9.59 Å². The van der Waals surface area contributed by atoms with E-state index in [4.69, 9.17) is 14.0 Å². The van der Waals surface area contributed by atoms with E-state index in [1.165, 1.54) is 0 Å². The Bertz CT molecular complexity index is 1120. The van der Waals surface area contributed by atoms with Gasteiger partial charge in [0, 0.05) is 16.8 Å². The molecule has 1 aliphatic heterocycles. The lowest BCUT2D eigenvalue weighted by molar-refractivity contribution is -0.121. The Labute approximate surface area is 179 Å². The molecule has 0 aliphatic carbocycles. The number of rotatable bonds is 6. The second-order valence-electron chi connectivity index (χ2n) is 7.17. The van der Waals surface area contributed by atoms with Crippen LogP contribution in [0.15, 0.2) is 47.0 Å². The van der Waals surface area contributed by atoms with E-state index in [1.54, 1.807) is 47.4 Å². The predicted molar refractivity (Wildman–Crippen MR) is 115 cm³/mol. The minimum atomic E-state index is -0.276. The summed E-state index contributed by atoms with van der Waals surface area (Å²) >= 11 is 0. The molecule has 2 amide bonds. The van der Waals surface area contributed by atoms with Crippen molar-refractivity contribution in [2.45, 2.75) is 27.3 Å². The standard InChI is InChI=1S/C23H23N3O5/c1-4-29-18-7-5-6-16(10-18)23(28)24-17-8-9-21-20(11-17)26(22(27)13-30-21)12-19-14(2)25-31-15(19)3/h5-11H,4,12-13H2,1-3H3,(H,24,28). The molecule has 0 spiro atoms. The number of nitrogens with one attached hydrogen (secondary N) is 1. The molecule has 1 aliphatic rings. The van der Waals surface area contributed by atoms with Gasteiger partial charge in [-0.15, -0.1) is 0 Å². The van der Waals surface area contributed by atoms with E-state index < -0.39 is 0 Å². The average molecular weight is 421 g/mol. The fourth-order valence-electron chi connectivity index (χ4n) is 3.44. The largest absolute Gasteiger partial charge is 0.494 e. The molecule has 0 bridgehead atoms. The molecule has 0 saturated heterocycles. The third-order valence-electron chi connectivity index (χ3n) is 5.06. The maximum atomic E-state index is 12.7. The zero-order chi connectivity index (χ0) is 22.0. The van der Waals surface area contributed by atoms with Gasteiger partial charge in [0.05, 0.1) is 24.5 Å². The Morgan fingerprint density at radius 3 is 2.81 bits per heavy atom. The van der Waals surface area contributed by atoms with Gasteiger partial charge in [0.15, 0.2) is 6.61 Å². The number of carbonyl (C=O) groups is 2. The molecule has 8 nitrogen and oxygen atoms in total. The third kappa shape index (κ3) is 4.23. The van der Waals surface area contributed by atoms with Crippen molar-refractivity contribution >= 4 is 23.2 Å². The number of nitrogens with zero attached hydrogens (tertiary/aromatic N) is 2. The van der Waals surface area contributed by atoms with Gasteiger partial charge in [-0.05, 0) is 57.2 Å². The van der Waals surface area contributed by atoms with Crippen molar-refractivity contribution in [3.05, 3.63) is 65.0 Å². The van der Waals surface area contributed by atoms with Crippen LogP contribution >= 0.6 is 0 Å². The lowest BCUT2D eigenvalue weighted by Gasteiger charge is -2.29. The molecular formula is C23H23N3O5. The van der Waals surface area contributed by atoms with E-state index in [0.29, 0.717) is 47.3 Å². The summed E-state index contributed by atoms with van der Waals surface area (Å²) in [6.45, 7) is 6.32. The van der Waals surface area contributed by atoms with E-state index >= 15 is 0 Å². The molecule has 3 aromatic rings. The van der Waals surface area contributed by atoms with Crippen LogP contribution in [-0.4, -0.2) is 30.2 Å². The van der Waals surface area contributed by atoms with Gasteiger partial charge in [0.25, 0.3) is 11.8 Å². The first kappa shape index (κ1) is 20.5. The minimum Gasteiger partial charge on any atom is -0.494 e. The van der Waals surface area contributed by atoms with Crippen LogP contribution in [0.4, 0.5) is 11.4 Å². The molecule has 2 heterocycles. The van der Waals surface area contributed by atoms with Crippen molar-refractivity contribution in [3.63, 3.8) is 0 Å². The second kappa shape index (κ2) is 8.51. The Morgan fingerprint density at radius 1 is 1.23 bits per heavy atom. The highest BCUT2D eigenvalue weighted by molar-refractivity contribution is 6.05. The summed E-state index contributed by atoms with van der Waals surface area (Å²) < 4.78 is 16.3. The summed E-state index contributed by atoms with van der Waals surface area (Å²) in [4.78, 5) is 27.0. The van der Waals surface area contributed by atoms with Gasteiger partial charge >= 0.3 is 0 Å². The summed E-state index contributed by atoms with van der Waals surface area (Å²) in [6.07, 6.45) is 0. The molecule has 0 saturated carbocycles.